The minimum Gasteiger partial charge on any atom is -0.370 e. The first-order valence-electron chi connectivity index (χ1n) is 6.16. The number of nitrogens with two attached hydrogens (primary N) is 1. The van der Waals surface area contributed by atoms with Crippen molar-refractivity contribution in [2.75, 3.05) is 26.3 Å². The highest BCUT2D eigenvalue weighted by molar-refractivity contribution is 5.77. The molecule has 0 radical (unpaired) electrons. The summed E-state index contributed by atoms with van der Waals surface area (Å²) in [7, 11) is 0. The molecule has 0 aliphatic rings. The molecule has 0 heterocycles. The fourth-order valence-corrected chi connectivity index (χ4v) is 1.61. The molecule has 4 nitrogen and oxygen atoms in total. The van der Waals surface area contributed by atoms with Crippen molar-refractivity contribution in [2.24, 2.45) is 5.73 Å². The van der Waals surface area contributed by atoms with Crippen LogP contribution in [0.5, 0.6) is 0 Å². The van der Waals surface area contributed by atoms with Crippen LogP contribution in [-0.2, 0) is 14.9 Å². The molecule has 0 aliphatic carbocycles. The molecular weight excluding hydrogens is 228 g/mol. The fourth-order valence-electron chi connectivity index (χ4n) is 1.61. The van der Waals surface area contributed by atoms with E-state index in [0.29, 0.717) is 19.7 Å². The highest BCUT2D eigenvalue weighted by atomic mass is 16.5. The maximum Gasteiger partial charge on any atom is 0.246 e. The Balaban J connectivity index is 2.40. The van der Waals surface area contributed by atoms with Gasteiger partial charge in [0.25, 0.3) is 0 Å². The Hall–Kier alpha value is -1.39. The summed E-state index contributed by atoms with van der Waals surface area (Å²) >= 11 is 0. The molecule has 0 aliphatic heterocycles. The van der Waals surface area contributed by atoms with Crippen LogP contribution in [0.1, 0.15) is 19.4 Å². The average molecular weight is 250 g/mol. The van der Waals surface area contributed by atoms with Crippen molar-refractivity contribution in [3.05, 3.63) is 35.9 Å². The van der Waals surface area contributed by atoms with E-state index in [4.69, 9.17) is 10.5 Å². The lowest BCUT2D eigenvalue weighted by molar-refractivity contribution is -0.125. The molecule has 0 bridgehead atoms. The quantitative estimate of drug-likeness (QED) is 0.711. The number of carbonyl (C=O) groups is 1. The van der Waals surface area contributed by atoms with Crippen molar-refractivity contribution >= 4 is 5.91 Å². The minimum atomic E-state index is -0.104. The number of ether oxygens (including phenoxy) is 1. The Bertz CT molecular complexity index is 363. The Kier molecular flexibility index (Phi) is 5.82. The van der Waals surface area contributed by atoms with E-state index in [9.17, 15) is 4.79 Å². The number of nitrogens with one attached hydrogen (secondary N) is 1. The molecule has 4 heteroatoms. The van der Waals surface area contributed by atoms with Crippen LogP contribution >= 0.6 is 0 Å². The van der Waals surface area contributed by atoms with E-state index in [1.54, 1.807) is 0 Å². The third kappa shape index (κ3) is 4.85. The topological polar surface area (TPSA) is 64.3 Å². The van der Waals surface area contributed by atoms with E-state index >= 15 is 0 Å². The SMILES string of the molecule is CC(C)(CNC(=O)COCCN)c1ccccc1. The molecule has 100 valence electrons. The monoisotopic (exact) mass is 250 g/mol. The van der Waals surface area contributed by atoms with E-state index in [-0.39, 0.29) is 17.9 Å². The maximum absolute atomic E-state index is 11.5. The van der Waals surface area contributed by atoms with E-state index in [1.807, 2.05) is 18.2 Å². The van der Waals surface area contributed by atoms with E-state index in [0.717, 1.165) is 0 Å². The smallest absolute Gasteiger partial charge is 0.246 e. The predicted octanol–water partition coefficient (Wildman–Crippen LogP) is 1.06. The summed E-state index contributed by atoms with van der Waals surface area (Å²) in [6.07, 6.45) is 0. The fraction of sp³-hybridized carbons (Fsp3) is 0.500. The molecule has 0 atom stereocenters. The Labute approximate surface area is 109 Å². The van der Waals surface area contributed by atoms with Crippen LogP contribution in [0.25, 0.3) is 0 Å². The van der Waals surface area contributed by atoms with Gasteiger partial charge in [-0.25, -0.2) is 0 Å². The highest BCUT2D eigenvalue weighted by Crippen LogP contribution is 2.21. The molecule has 1 aromatic rings. The lowest BCUT2D eigenvalue weighted by atomic mass is 9.84. The van der Waals surface area contributed by atoms with E-state index in [2.05, 4.69) is 31.3 Å². The van der Waals surface area contributed by atoms with Gasteiger partial charge in [-0.2, -0.15) is 0 Å². The number of amides is 1. The van der Waals surface area contributed by atoms with Gasteiger partial charge in [-0.15, -0.1) is 0 Å². The second kappa shape index (κ2) is 7.13. The number of carbonyl (C=O) groups excluding carboxylic acids is 1. The molecule has 18 heavy (non-hydrogen) atoms. The van der Waals surface area contributed by atoms with Gasteiger partial charge in [0.05, 0.1) is 6.61 Å². The molecule has 0 saturated heterocycles. The lowest BCUT2D eigenvalue weighted by Gasteiger charge is -2.25. The number of hydrogen-bond acceptors (Lipinski definition) is 3. The zero-order valence-electron chi connectivity index (χ0n) is 11.1. The van der Waals surface area contributed by atoms with Gasteiger partial charge in [0, 0.05) is 18.5 Å². The normalized spacial score (nSPS) is 11.3. The zero-order chi connectivity index (χ0) is 13.4. The molecular formula is C14H22N2O2. The second-order valence-corrected chi connectivity index (χ2v) is 4.87. The van der Waals surface area contributed by atoms with Gasteiger partial charge in [-0.1, -0.05) is 44.2 Å². The summed E-state index contributed by atoms with van der Waals surface area (Å²) in [4.78, 5) is 11.5. The van der Waals surface area contributed by atoms with Crippen LogP contribution in [-0.4, -0.2) is 32.2 Å². The lowest BCUT2D eigenvalue weighted by Crippen LogP contribution is -2.38. The molecule has 0 aromatic heterocycles. The molecule has 1 aromatic carbocycles. The Morgan fingerprint density at radius 2 is 2.00 bits per heavy atom. The van der Waals surface area contributed by atoms with Crippen LogP contribution in [0.15, 0.2) is 30.3 Å². The highest BCUT2D eigenvalue weighted by Gasteiger charge is 2.20. The summed E-state index contributed by atoms with van der Waals surface area (Å²) in [6.45, 7) is 5.70. The van der Waals surface area contributed by atoms with Crippen LogP contribution in [0.2, 0.25) is 0 Å². The third-order valence-electron chi connectivity index (χ3n) is 2.78. The molecule has 0 fully saturated rings. The van der Waals surface area contributed by atoms with Gasteiger partial charge in [0.1, 0.15) is 6.61 Å². The summed E-state index contributed by atoms with van der Waals surface area (Å²) in [5.74, 6) is -0.104. The van der Waals surface area contributed by atoms with Gasteiger partial charge in [0.2, 0.25) is 5.91 Å². The first kappa shape index (κ1) is 14.7. The van der Waals surface area contributed by atoms with Crippen LogP contribution in [0.3, 0.4) is 0 Å². The zero-order valence-corrected chi connectivity index (χ0v) is 11.1. The maximum atomic E-state index is 11.5. The summed E-state index contributed by atoms with van der Waals surface area (Å²) in [6, 6.07) is 10.1. The van der Waals surface area contributed by atoms with Gasteiger partial charge in [0.15, 0.2) is 0 Å². The minimum absolute atomic E-state index is 0.0715. The van der Waals surface area contributed by atoms with Gasteiger partial charge < -0.3 is 15.8 Å². The molecule has 1 rings (SSSR count). The van der Waals surface area contributed by atoms with Gasteiger partial charge in [-0.05, 0) is 5.56 Å². The Morgan fingerprint density at radius 3 is 2.61 bits per heavy atom. The second-order valence-electron chi connectivity index (χ2n) is 4.87. The number of rotatable bonds is 7. The molecule has 0 unspecified atom stereocenters. The standard InChI is InChI=1S/C14H22N2O2/c1-14(2,12-6-4-3-5-7-12)11-16-13(17)10-18-9-8-15/h3-7H,8-11,15H2,1-2H3,(H,16,17). The van der Waals surface area contributed by atoms with Crippen molar-refractivity contribution < 1.29 is 9.53 Å². The van der Waals surface area contributed by atoms with E-state index < -0.39 is 0 Å². The van der Waals surface area contributed by atoms with Gasteiger partial charge >= 0.3 is 0 Å². The Morgan fingerprint density at radius 1 is 1.33 bits per heavy atom. The van der Waals surface area contributed by atoms with Crippen molar-refractivity contribution in [2.45, 2.75) is 19.3 Å². The summed E-state index contributed by atoms with van der Waals surface area (Å²) in [5.41, 5.74) is 6.39. The summed E-state index contributed by atoms with van der Waals surface area (Å²) < 4.78 is 5.08. The number of benzene rings is 1. The summed E-state index contributed by atoms with van der Waals surface area (Å²) in [5, 5.41) is 2.88. The van der Waals surface area contributed by atoms with Crippen molar-refractivity contribution in [3.8, 4) is 0 Å². The first-order valence-corrected chi connectivity index (χ1v) is 6.16. The van der Waals surface area contributed by atoms with Crippen molar-refractivity contribution in [3.63, 3.8) is 0 Å². The predicted molar refractivity (Wildman–Crippen MR) is 72.4 cm³/mol. The largest absolute Gasteiger partial charge is 0.370 e. The molecule has 3 N–H and O–H groups in total. The first-order chi connectivity index (χ1) is 8.56. The van der Waals surface area contributed by atoms with Crippen LogP contribution in [0.4, 0.5) is 0 Å². The van der Waals surface area contributed by atoms with Crippen molar-refractivity contribution in [1.29, 1.82) is 0 Å². The van der Waals surface area contributed by atoms with Crippen molar-refractivity contribution in [1.82, 2.24) is 5.32 Å². The van der Waals surface area contributed by atoms with Crippen LogP contribution in [0, 0.1) is 0 Å². The number of hydrogen-bond donors (Lipinski definition) is 2. The van der Waals surface area contributed by atoms with Gasteiger partial charge in [-0.3, -0.25) is 4.79 Å². The van der Waals surface area contributed by atoms with Crippen LogP contribution < -0.4 is 11.1 Å². The van der Waals surface area contributed by atoms with E-state index in [1.165, 1.54) is 5.56 Å². The average Bonchev–Trinajstić information content (AvgIpc) is 2.38. The molecule has 1 amide bonds. The molecule has 0 spiro atoms. The third-order valence-corrected chi connectivity index (χ3v) is 2.78. The molecule has 0 saturated carbocycles.